The number of benzene rings is 1. The molecule has 0 unspecified atom stereocenters. The minimum absolute atomic E-state index is 0.362. The third kappa shape index (κ3) is 4.54. The van der Waals surface area contributed by atoms with Gasteiger partial charge in [0.1, 0.15) is 5.75 Å². The van der Waals surface area contributed by atoms with Gasteiger partial charge in [0.25, 0.3) is 0 Å². The van der Waals surface area contributed by atoms with E-state index >= 15 is 0 Å². The monoisotopic (exact) mass is 264 g/mol. The van der Waals surface area contributed by atoms with Crippen molar-refractivity contribution in [2.75, 3.05) is 13.7 Å². The molecule has 0 aromatic heterocycles. The summed E-state index contributed by atoms with van der Waals surface area (Å²) >= 11 is 0. The van der Waals surface area contributed by atoms with Crippen molar-refractivity contribution in [2.45, 2.75) is 19.8 Å². The Kier molecular flexibility index (Phi) is 5.73. The molecule has 0 atom stereocenters. The molecule has 0 bridgehead atoms. The van der Waals surface area contributed by atoms with Crippen LogP contribution in [-0.4, -0.2) is 31.3 Å². The quantitative estimate of drug-likeness (QED) is 0.325. The first-order valence-electron chi connectivity index (χ1n) is 5.95. The van der Waals surface area contributed by atoms with Crippen LogP contribution in [0.25, 0.3) is 0 Å². The normalized spacial score (nSPS) is 9.79. The molecule has 0 aliphatic rings. The fraction of sp³-hybridized carbons (Fsp3) is 0.357. The van der Waals surface area contributed by atoms with Crippen LogP contribution in [0.15, 0.2) is 24.3 Å². The summed E-state index contributed by atoms with van der Waals surface area (Å²) in [6, 6.07) is 6.45. The Morgan fingerprint density at radius 1 is 1.11 bits per heavy atom. The second-order valence-corrected chi connectivity index (χ2v) is 3.89. The fourth-order valence-electron chi connectivity index (χ4n) is 1.39. The van der Waals surface area contributed by atoms with Crippen molar-refractivity contribution in [3.63, 3.8) is 0 Å². The van der Waals surface area contributed by atoms with Gasteiger partial charge in [-0.2, -0.15) is 0 Å². The summed E-state index contributed by atoms with van der Waals surface area (Å²) < 4.78 is 9.63. The minimum Gasteiger partial charge on any atom is -0.494 e. The number of hydrogen-bond acceptors (Lipinski definition) is 5. The average Bonchev–Trinajstić information content (AvgIpc) is 2.44. The Bertz CT molecular complexity index is 461. The van der Waals surface area contributed by atoms with Gasteiger partial charge in [-0.1, -0.05) is 6.92 Å². The molecule has 0 fully saturated rings. The Hall–Kier alpha value is -2.17. The zero-order chi connectivity index (χ0) is 14.3. The van der Waals surface area contributed by atoms with Gasteiger partial charge in [0.15, 0.2) is 5.78 Å². The van der Waals surface area contributed by atoms with Gasteiger partial charge in [-0.05, 0) is 30.7 Å². The van der Waals surface area contributed by atoms with Crippen molar-refractivity contribution in [3.05, 3.63) is 29.8 Å². The maximum absolute atomic E-state index is 11.7. The van der Waals surface area contributed by atoms with Gasteiger partial charge in [-0.15, -0.1) is 0 Å². The predicted molar refractivity (Wildman–Crippen MR) is 68.2 cm³/mol. The number of hydrogen-bond donors (Lipinski definition) is 0. The molecule has 5 nitrogen and oxygen atoms in total. The molecule has 0 amide bonds. The van der Waals surface area contributed by atoms with E-state index in [9.17, 15) is 14.4 Å². The molecule has 0 N–H and O–H groups in total. The van der Waals surface area contributed by atoms with E-state index in [0.29, 0.717) is 17.9 Å². The molecule has 0 aliphatic carbocycles. The molecular formula is C14H16O5. The third-order valence-electron chi connectivity index (χ3n) is 2.38. The van der Waals surface area contributed by atoms with Gasteiger partial charge >= 0.3 is 5.97 Å². The maximum atomic E-state index is 11.7. The average molecular weight is 264 g/mol. The van der Waals surface area contributed by atoms with E-state index in [-0.39, 0.29) is 0 Å². The molecular weight excluding hydrogens is 248 g/mol. The molecule has 1 aromatic rings. The zero-order valence-electron chi connectivity index (χ0n) is 11.0. The van der Waals surface area contributed by atoms with Gasteiger partial charge in [0, 0.05) is 5.56 Å². The van der Waals surface area contributed by atoms with Gasteiger partial charge in [-0.3, -0.25) is 9.59 Å². The lowest BCUT2D eigenvalue weighted by Crippen LogP contribution is -2.19. The number of esters is 1. The summed E-state index contributed by atoms with van der Waals surface area (Å²) in [5.41, 5.74) is 0.362. The summed E-state index contributed by atoms with van der Waals surface area (Å²) in [6.45, 7) is 2.60. The summed E-state index contributed by atoms with van der Waals surface area (Å²) in [5, 5.41) is 0. The predicted octanol–water partition coefficient (Wildman–Crippen LogP) is 1.79. The van der Waals surface area contributed by atoms with Crippen LogP contribution in [0, 0.1) is 0 Å². The molecule has 0 saturated heterocycles. The molecule has 1 aromatic carbocycles. The molecule has 0 spiro atoms. The van der Waals surface area contributed by atoms with Crippen molar-refractivity contribution >= 4 is 17.5 Å². The van der Waals surface area contributed by atoms with Crippen LogP contribution < -0.4 is 4.74 Å². The number of ketones is 2. The van der Waals surface area contributed by atoms with E-state index in [4.69, 9.17) is 4.74 Å². The van der Waals surface area contributed by atoms with Crippen molar-refractivity contribution in [1.29, 1.82) is 0 Å². The van der Waals surface area contributed by atoms with E-state index in [1.54, 1.807) is 24.3 Å². The lowest BCUT2D eigenvalue weighted by Gasteiger charge is -2.05. The van der Waals surface area contributed by atoms with Crippen molar-refractivity contribution in [3.8, 4) is 5.75 Å². The standard InChI is InChI=1S/C14H16O5/c1-3-8-19-11-6-4-10(5-7-11)12(15)9-13(16)14(17)18-2/h4-7H,3,8-9H2,1-2H3. The van der Waals surface area contributed by atoms with E-state index in [2.05, 4.69) is 4.74 Å². The van der Waals surface area contributed by atoms with Crippen LogP contribution in [0.3, 0.4) is 0 Å². The summed E-state index contributed by atoms with van der Waals surface area (Å²) in [4.78, 5) is 33.9. The summed E-state index contributed by atoms with van der Waals surface area (Å²) in [5.74, 6) is -1.61. The van der Waals surface area contributed by atoms with Crippen molar-refractivity contribution in [1.82, 2.24) is 0 Å². The Morgan fingerprint density at radius 2 is 1.74 bits per heavy atom. The lowest BCUT2D eigenvalue weighted by atomic mass is 10.1. The van der Waals surface area contributed by atoms with Gasteiger partial charge in [0.05, 0.1) is 20.1 Å². The number of rotatable bonds is 7. The number of carbonyl (C=O) groups excluding carboxylic acids is 3. The van der Waals surface area contributed by atoms with Crippen molar-refractivity contribution < 1.29 is 23.9 Å². The van der Waals surface area contributed by atoms with Crippen LogP contribution >= 0.6 is 0 Å². The van der Waals surface area contributed by atoms with Crippen molar-refractivity contribution in [2.24, 2.45) is 0 Å². The SMILES string of the molecule is CCCOc1ccc(C(=O)CC(=O)C(=O)OC)cc1. The Balaban J connectivity index is 2.62. The number of ether oxygens (including phenoxy) is 2. The molecule has 5 heteroatoms. The van der Waals surface area contributed by atoms with Crippen LogP contribution in [0.2, 0.25) is 0 Å². The molecule has 102 valence electrons. The first kappa shape index (κ1) is 14.9. The molecule has 0 saturated carbocycles. The van der Waals surface area contributed by atoms with E-state index in [1.807, 2.05) is 6.92 Å². The molecule has 19 heavy (non-hydrogen) atoms. The van der Waals surface area contributed by atoms with E-state index in [0.717, 1.165) is 13.5 Å². The smallest absolute Gasteiger partial charge is 0.374 e. The number of carbonyl (C=O) groups is 3. The highest BCUT2D eigenvalue weighted by molar-refractivity contribution is 6.38. The molecule has 0 radical (unpaired) electrons. The van der Waals surface area contributed by atoms with Crippen LogP contribution in [0.1, 0.15) is 30.1 Å². The lowest BCUT2D eigenvalue weighted by molar-refractivity contribution is -0.151. The summed E-state index contributed by atoms with van der Waals surface area (Å²) in [6.07, 6.45) is 0.413. The maximum Gasteiger partial charge on any atom is 0.374 e. The van der Waals surface area contributed by atoms with Gasteiger partial charge in [0.2, 0.25) is 5.78 Å². The first-order valence-corrected chi connectivity index (χ1v) is 5.95. The topological polar surface area (TPSA) is 69.7 Å². The third-order valence-corrected chi connectivity index (χ3v) is 2.38. The zero-order valence-corrected chi connectivity index (χ0v) is 11.0. The largest absolute Gasteiger partial charge is 0.494 e. The number of Topliss-reactive ketones (excluding diaryl/α,β-unsaturated/α-hetero) is 2. The second kappa shape index (κ2) is 7.31. The molecule has 0 aliphatic heterocycles. The highest BCUT2D eigenvalue weighted by Gasteiger charge is 2.19. The number of methoxy groups -OCH3 is 1. The highest BCUT2D eigenvalue weighted by Crippen LogP contribution is 2.14. The highest BCUT2D eigenvalue weighted by atomic mass is 16.5. The fourth-order valence-corrected chi connectivity index (χ4v) is 1.39. The van der Waals surface area contributed by atoms with Crippen LogP contribution in [0.5, 0.6) is 5.75 Å². The van der Waals surface area contributed by atoms with E-state index in [1.165, 1.54) is 0 Å². The second-order valence-electron chi connectivity index (χ2n) is 3.89. The Labute approximate surface area is 111 Å². The first-order chi connectivity index (χ1) is 9.08. The Morgan fingerprint density at radius 3 is 2.26 bits per heavy atom. The molecule has 1 rings (SSSR count). The van der Waals surface area contributed by atoms with E-state index < -0.39 is 24.0 Å². The minimum atomic E-state index is -1.00. The van der Waals surface area contributed by atoms with Crippen LogP contribution in [0.4, 0.5) is 0 Å². The van der Waals surface area contributed by atoms with Gasteiger partial charge in [-0.25, -0.2) is 4.79 Å². The van der Waals surface area contributed by atoms with Crippen LogP contribution in [-0.2, 0) is 14.3 Å². The molecule has 0 heterocycles. The van der Waals surface area contributed by atoms with Gasteiger partial charge < -0.3 is 9.47 Å². The summed E-state index contributed by atoms with van der Waals surface area (Å²) in [7, 11) is 1.10.